The first kappa shape index (κ1) is 29.1. The van der Waals surface area contributed by atoms with E-state index in [4.69, 9.17) is 13.8 Å². The monoisotopic (exact) mass is 669 g/mol. The highest BCUT2D eigenvalue weighted by molar-refractivity contribution is 6.14. The Labute approximate surface area is 298 Å². The van der Waals surface area contributed by atoms with Crippen LogP contribution >= 0.6 is 0 Å². The summed E-state index contributed by atoms with van der Waals surface area (Å²) < 4.78 is 12.8. The Morgan fingerprint density at radius 1 is 0.462 bits per heavy atom. The summed E-state index contributed by atoms with van der Waals surface area (Å²) >= 11 is 0. The molecule has 5 heteroatoms. The summed E-state index contributed by atoms with van der Waals surface area (Å²) in [4.78, 5) is 5.31. The summed E-state index contributed by atoms with van der Waals surface area (Å²) in [5.41, 5.74) is 8.95. The molecule has 52 heavy (non-hydrogen) atoms. The normalized spacial score (nSPS) is 16.3. The van der Waals surface area contributed by atoms with Crippen LogP contribution in [0.15, 0.2) is 178 Å². The molecule has 8 aromatic carbocycles. The van der Waals surface area contributed by atoms with Crippen molar-refractivity contribution in [2.75, 3.05) is 0 Å². The van der Waals surface area contributed by atoms with E-state index in [0.717, 1.165) is 77.5 Å². The number of aliphatic imine (C=N–C) groups is 1. The van der Waals surface area contributed by atoms with E-state index in [9.17, 15) is 0 Å². The van der Waals surface area contributed by atoms with Crippen molar-refractivity contribution < 1.29 is 8.83 Å². The minimum absolute atomic E-state index is 0.259. The van der Waals surface area contributed by atoms with Gasteiger partial charge in [0, 0.05) is 32.7 Å². The molecule has 0 aliphatic carbocycles. The summed E-state index contributed by atoms with van der Waals surface area (Å²) in [6.07, 6.45) is -0.543. The fraction of sp³-hybridized carbons (Fsp3) is 0.0426. The number of furan rings is 2. The molecule has 0 amide bonds. The minimum atomic E-state index is -0.284. The lowest BCUT2D eigenvalue weighted by Crippen LogP contribution is -2.45. The lowest BCUT2D eigenvalue weighted by atomic mass is 9.96. The second kappa shape index (κ2) is 11.4. The molecule has 2 unspecified atom stereocenters. The molecule has 0 saturated carbocycles. The van der Waals surface area contributed by atoms with E-state index in [-0.39, 0.29) is 12.3 Å². The van der Waals surface area contributed by atoms with Gasteiger partial charge >= 0.3 is 0 Å². The lowest BCUT2D eigenvalue weighted by Gasteiger charge is -2.32. The molecule has 11 rings (SSSR count). The van der Waals surface area contributed by atoms with Gasteiger partial charge in [-0.1, -0.05) is 121 Å². The zero-order valence-electron chi connectivity index (χ0n) is 28.0. The summed E-state index contributed by atoms with van der Waals surface area (Å²) in [5, 5.41) is 16.8. The minimum Gasteiger partial charge on any atom is -0.456 e. The van der Waals surface area contributed by atoms with E-state index in [1.807, 2.05) is 18.2 Å². The van der Waals surface area contributed by atoms with Gasteiger partial charge in [0.15, 0.2) is 0 Å². The summed E-state index contributed by atoms with van der Waals surface area (Å²) in [7, 11) is 0. The summed E-state index contributed by atoms with van der Waals surface area (Å²) in [6.45, 7) is 0. The van der Waals surface area contributed by atoms with Crippen LogP contribution in [0.4, 0.5) is 0 Å². The standard InChI is InChI=1S/C47H31N3O2/c1-3-11-30-25-33(21-19-28(30)9-1)45-48-46(34-22-20-29-10-2-4-12-31(29)26-34)50-47(49-45)37-15-8-18-42-44(37)38-27-32(23-24-40(38)52-42)35-14-7-17-41-43(35)36-13-5-6-16-39(36)51-41/h1-27,45,47,49H,(H,48,50). The van der Waals surface area contributed by atoms with Crippen LogP contribution in [0.5, 0.6) is 0 Å². The van der Waals surface area contributed by atoms with Crippen molar-refractivity contribution in [3.63, 3.8) is 0 Å². The van der Waals surface area contributed by atoms with Crippen molar-refractivity contribution in [2.45, 2.75) is 12.3 Å². The number of nitrogens with zero attached hydrogens (tertiary/aromatic N) is 1. The summed E-state index contributed by atoms with van der Waals surface area (Å²) in [5.74, 6) is 0.844. The van der Waals surface area contributed by atoms with Gasteiger partial charge in [-0.2, -0.15) is 0 Å². The molecular weight excluding hydrogens is 639 g/mol. The molecule has 1 aliphatic rings. The molecule has 10 aromatic rings. The Bertz CT molecular complexity index is 3060. The van der Waals surface area contributed by atoms with Crippen LogP contribution < -0.4 is 10.6 Å². The fourth-order valence-corrected chi connectivity index (χ4v) is 8.03. The number of rotatable bonds is 4. The molecule has 246 valence electrons. The Morgan fingerprint density at radius 3 is 1.96 bits per heavy atom. The molecule has 0 saturated heterocycles. The van der Waals surface area contributed by atoms with Gasteiger partial charge in [0.25, 0.3) is 0 Å². The number of hydrogen-bond donors (Lipinski definition) is 2. The average molecular weight is 670 g/mol. The van der Waals surface area contributed by atoms with E-state index in [1.54, 1.807) is 0 Å². The maximum atomic E-state index is 6.53. The second-order valence-corrected chi connectivity index (χ2v) is 13.6. The first-order chi connectivity index (χ1) is 25.7. The highest BCUT2D eigenvalue weighted by atomic mass is 16.3. The first-order valence-electron chi connectivity index (χ1n) is 17.7. The van der Waals surface area contributed by atoms with Crippen molar-refractivity contribution in [2.24, 2.45) is 4.99 Å². The first-order valence-corrected chi connectivity index (χ1v) is 17.7. The Hall–Kier alpha value is -6.69. The quantitative estimate of drug-likeness (QED) is 0.196. The maximum absolute atomic E-state index is 6.53. The molecule has 0 bridgehead atoms. The van der Waals surface area contributed by atoms with Crippen LogP contribution in [0.25, 0.3) is 76.5 Å². The Balaban J connectivity index is 1.08. The van der Waals surface area contributed by atoms with E-state index in [2.05, 4.69) is 156 Å². The smallest absolute Gasteiger partial charge is 0.136 e. The zero-order chi connectivity index (χ0) is 34.2. The highest BCUT2D eigenvalue weighted by Gasteiger charge is 2.28. The van der Waals surface area contributed by atoms with E-state index >= 15 is 0 Å². The van der Waals surface area contributed by atoms with Crippen LogP contribution in [0.2, 0.25) is 0 Å². The van der Waals surface area contributed by atoms with Gasteiger partial charge in [0.05, 0.1) is 0 Å². The van der Waals surface area contributed by atoms with Crippen molar-refractivity contribution in [3.8, 4) is 11.1 Å². The summed E-state index contributed by atoms with van der Waals surface area (Å²) in [6, 6.07) is 57.5. The van der Waals surface area contributed by atoms with Gasteiger partial charge in [-0.25, -0.2) is 4.99 Å². The third kappa shape index (κ3) is 4.64. The molecule has 2 aromatic heterocycles. The van der Waals surface area contributed by atoms with Crippen molar-refractivity contribution >= 4 is 71.3 Å². The van der Waals surface area contributed by atoms with Crippen molar-refractivity contribution in [3.05, 3.63) is 180 Å². The number of amidine groups is 1. The third-order valence-electron chi connectivity index (χ3n) is 10.5. The fourth-order valence-electron chi connectivity index (χ4n) is 8.03. The predicted octanol–water partition coefficient (Wildman–Crippen LogP) is 11.8. The van der Waals surface area contributed by atoms with Crippen LogP contribution in [0, 0.1) is 0 Å². The number of fused-ring (bicyclic) bond motifs is 8. The van der Waals surface area contributed by atoms with Crippen LogP contribution in [-0.4, -0.2) is 5.84 Å². The molecule has 0 radical (unpaired) electrons. The second-order valence-electron chi connectivity index (χ2n) is 13.6. The van der Waals surface area contributed by atoms with Gasteiger partial charge in [0.2, 0.25) is 0 Å². The van der Waals surface area contributed by atoms with Gasteiger partial charge < -0.3 is 14.2 Å². The molecule has 5 nitrogen and oxygen atoms in total. The third-order valence-corrected chi connectivity index (χ3v) is 10.5. The predicted molar refractivity (Wildman–Crippen MR) is 213 cm³/mol. The number of para-hydroxylation sites is 1. The van der Waals surface area contributed by atoms with E-state index in [0.29, 0.717) is 0 Å². The number of nitrogens with one attached hydrogen (secondary N) is 2. The molecule has 3 heterocycles. The van der Waals surface area contributed by atoms with Gasteiger partial charge in [-0.3, -0.25) is 5.32 Å². The van der Waals surface area contributed by atoms with Crippen LogP contribution in [0.1, 0.15) is 29.0 Å². The maximum Gasteiger partial charge on any atom is 0.136 e. The molecule has 0 fully saturated rings. The number of hydrogen-bond acceptors (Lipinski definition) is 5. The highest BCUT2D eigenvalue weighted by Crippen LogP contribution is 2.41. The largest absolute Gasteiger partial charge is 0.456 e. The SMILES string of the molecule is c1ccc2cc(C3=NC(c4ccc5ccccc5c4)NC(c4cccc5oc6ccc(-c7cccc8oc9ccccc9c78)cc6c45)N3)ccc2c1. The van der Waals surface area contributed by atoms with Gasteiger partial charge in [-0.05, 0) is 80.7 Å². The number of benzene rings is 8. The molecule has 0 spiro atoms. The Morgan fingerprint density at radius 2 is 1.12 bits per heavy atom. The van der Waals surface area contributed by atoms with Crippen molar-refractivity contribution in [1.82, 2.24) is 10.6 Å². The average Bonchev–Trinajstić information content (AvgIpc) is 3.78. The molecule has 2 atom stereocenters. The topological polar surface area (TPSA) is 62.7 Å². The Kier molecular flexibility index (Phi) is 6.39. The van der Waals surface area contributed by atoms with Gasteiger partial charge in [-0.15, -0.1) is 0 Å². The molecule has 2 N–H and O–H groups in total. The van der Waals surface area contributed by atoms with E-state index < -0.39 is 0 Å². The van der Waals surface area contributed by atoms with Crippen LogP contribution in [0.3, 0.4) is 0 Å². The lowest BCUT2D eigenvalue weighted by molar-refractivity contribution is 0.411. The van der Waals surface area contributed by atoms with Crippen molar-refractivity contribution in [1.29, 1.82) is 0 Å². The van der Waals surface area contributed by atoms with Crippen LogP contribution in [-0.2, 0) is 0 Å². The van der Waals surface area contributed by atoms with E-state index in [1.165, 1.54) is 21.5 Å². The van der Waals surface area contributed by atoms with Gasteiger partial charge in [0.1, 0.15) is 40.5 Å². The molecule has 1 aliphatic heterocycles. The zero-order valence-corrected chi connectivity index (χ0v) is 28.0. The molecular formula is C47H31N3O2.